The number of nitrogens with zero attached hydrogens (tertiary/aromatic N) is 5. The molecule has 2 N–H and O–H groups in total. The van der Waals surface area contributed by atoms with Gasteiger partial charge in [0.25, 0.3) is 5.91 Å². The molecule has 1 fully saturated rings. The third-order valence-corrected chi connectivity index (χ3v) is 5.34. The van der Waals surface area contributed by atoms with Gasteiger partial charge in [0.05, 0.1) is 11.2 Å². The summed E-state index contributed by atoms with van der Waals surface area (Å²) >= 11 is 0. The second kappa shape index (κ2) is 7.88. The SMILES string of the molecule is C[C@@H]1CNC[C@H](C)N(c2ccc3ccc(C(=O)Nc4cn(C)nc4C(F)(F)F)n3n2)C1. The fourth-order valence-electron chi connectivity index (χ4n) is 3.83. The first-order valence-corrected chi connectivity index (χ1v) is 10.0. The molecule has 0 unspecified atom stereocenters. The van der Waals surface area contributed by atoms with Gasteiger partial charge in [0.2, 0.25) is 0 Å². The molecule has 0 aliphatic carbocycles. The van der Waals surface area contributed by atoms with Crippen LogP contribution < -0.4 is 15.5 Å². The molecule has 1 saturated heterocycles. The summed E-state index contributed by atoms with van der Waals surface area (Å²) in [4.78, 5) is 15.0. The maximum atomic E-state index is 13.2. The molecule has 1 amide bonds. The van der Waals surface area contributed by atoms with Crippen LogP contribution in [0.1, 0.15) is 30.0 Å². The van der Waals surface area contributed by atoms with E-state index in [-0.39, 0.29) is 11.7 Å². The van der Waals surface area contributed by atoms with E-state index in [9.17, 15) is 18.0 Å². The summed E-state index contributed by atoms with van der Waals surface area (Å²) in [7, 11) is 1.36. The number of halogens is 3. The van der Waals surface area contributed by atoms with Gasteiger partial charge in [-0.15, -0.1) is 5.10 Å². The lowest BCUT2D eigenvalue weighted by molar-refractivity contribution is -0.140. The lowest BCUT2D eigenvalue weighted by Gasteiger charge is -2.29. The number of hydrogen-bond donors (Lipinski definition) is 2. The van der Waals surface area contributed by atoms with E-state index in [1.807, 2.05) is 12.1 Å². The topological polar surface area (TPSA) is 79.5 Å². The number of fused-ring (bicyclic) bond motifs is 1. The summed E-state index contributed by atoms with van der Waals surface area (Å²) in [6, 6.07) is 7.19. The van der Waals surface area contributed by atoms with Crippen molar-refractivity contribution in [3.05, 3.63) is 41.9 Å². The summed E-state index contributed by atoms with van der Waals surface area (Å²) in [6.45, 7) is 6.77. The molecule has 3 aromatic rings. The van der Waals surface area contributed by atoms with E-state index < -0.39 is 23.5 Å². The number of carbonyl (C=O) groups is 1. The highest BCUT2D eigenvalue weighted by Gasteiger charge is 2.37. The fraction of sp³-hybridized carbons (Fsp3) is 0.450. The molecule has 4 heterocycles. The van der Waals surface area contributed by atoms with Gasteiger partial charge in [0, 0.05) is 32.4 Å². The first kappa shape index (κ1) is 21.2. The quantitative estimate of drug-likeness (QED) is 0.662. The predicted molar refractivity (Wildman–Crippen MR) is 110 cm³/mol. The Bertz CT molecular complexity index is 1100. The van der Waals surface area contributed by atoms with Crippen molar-refractivity contribution in [2.75, 3.05) is 29.9 Å². The third-order valence-electron chi connectivity index (χ3n) is 5.34. The van der Waals surface area contributed by atoms with Crippen LogP contribution in [0.25, 0.3) is 5.52 Å². The van der Waals surface area contributed by atoms with Gasteiger partial charge in [0.15, 0.2) is 5.69 Å². The average molecular weight is 435 g/mol. The summed E-state index contributed by atoms with van der Waals surface area (Å²) in [5.74, 6) is 0.432. The van der Waals surface area contributed by atoms with Crippen LogP contribution in [0, 0.1) is 5.92 Å². The Labute approximate surface area is 177 Å². The molecule has 8 nitrogen and oxygen atoms in total. The van der Waals surface area contributed by atoms with Crippen LogP contribution in [0.15, 0.2) is 30.5 Å². The highest BCUT2D eigenvalue weighted by Crippen LogP contribution is 2.33. The molecule has 0 radical (unpaired) electrons. The van der Waals surface area contributed by atoms with Crippen molar-refractivity contribution >= 4 is 22.9 Å². The Morgan fingerprint density at radius 2 is 1.90 bits per heavy atom. The monoisotopic (exact) mass is 435 g/mol. The van der Waals surface area contributed by atoms with Crippen LogP contribution in [-0.2, 0) is 13.2 Å². The van der Waals surface area contributed by atoms with E-state index in [4.69, 9.17) is 0 Å². The van der Waals surface area contributed by atoms with Crippen molar-refractivity contribution in [3.8, 4) is 0 Å². The molecule has 2 atom stereocenters. The van der Waals surface area contributed by atoms with Crippen molar-refractivity contribution < 1.29 is 18.0 Å². The average Bonchev–Trinajstić information content (AvgIpc) is 3.23. The van der Waals surface area contributed by atoms with Gasteiger partial charge in [0.1, 0.15) is 11.5 Å². The minimum atomic E-state index is -4.68. The number of rotatable bonds is 3. The summed E-state index contributed by atoms with van der Waals surface area (Å²) in [6.07, 6.45) is -3.55. The number of amides is 1. The fourth-order valence-corrected chi connectivity index (χ4v) is 3.83. The molecular weight excluding hydrogens is 411 g/mol. The summed E-state index contributed by atoms with van der Waals surface area (Å²) < 4.78 is 42.1. The standard InChI is InChI=1S/C20H24F3N7O/c1-12-8-24-9-13(2)29(10-12)17-7-5-14-4-6-16(30(14)26-17)19(31)25-15-11-28(3)27-18(15)20(21,22)23/h4-7,11-13,24H,8-10H2,1-3H3,(H,25,31)/t12-,13+/m1/s1. The van der Waals surface area contributed by atoms with Crippen molar-refractivity contribution in [2.24, 2.45) is 13.0 Å². The van der Waals surface area contributed by atoms with Gasteiger partial charge in [-0.3, -0.25) is 9.48 Å². The number of alkyl halides is 3. The van der Waals surface area contributed by atoms with Crippen molar-refractivity contribution in [1.82, 2.24) is 24.7 Å². The molecule has 0 aromatic carbocycles. The molecule has 1 aliphatic rings. The number of hydrogen-bond acceptors (Lipinski definition) is 5. The largest absolute Gasteiger partial charge is 0.437 e. The van der Waals surface area contributed by atoms with Gasteiger partial charge in [-0.1, -0.05) is 6.92 Å². The Hall–Kier alpha value is -3.08. The molecule has 166 valence electrons. The minimum Gasteiger partial charge on any atom is -0.351 e. The number of aryl methyl sites for hydroxylation is 1. The molecule has 3 aromatic heterocycles. The van der Waals surface area contributed by atoms with Gasteiger partial charge in [-0.2, -0.15) is 18.3 Å². The van der Waals surface area contributed by atoms with Crippen LogP contribution in [-0.4, -0.2) is 51.0 Å². The number of nitrogens with one attached hydrogen (secondary N) is 2. The maximum Gasteiger partial charge on any atom is 0.437 e. The van der Waals surface area contributed by atoms with Crippen LogP contribution in [0.5, 0.6) is 0 Å². The van der Waals surface area contributed by atoms with Crippen molar-refractivity contribution in [1.29, 1.82) is 0 Å². The van der Waals surface area contributed by atoms with Crippen LogP contribution >= 0.6 is 0 Å². The van der Waals surface area contributed by atoms with E-state index in [0.717, 1.165) is 30.5 Å². The molecule has 4 rings (SSSR count). The van der Waals surface area contributed by atoms with Gasteiger partial charge in [-0.05, 0) is 43.7 Å². The van der Waals surface area contributed by atoms with Crippen molar-refractivity contribution in [3.63, 3.8) is 0 Å². The van der Waals surface area contributed by atoms with E-state index in [1.54, 1.807) is 12.1 Å². The maximum absolute atomic E-state index is 13.2. The molecule has 1 aliphatic heterocycles. The number of carbonyl (C=O) groups excluding carboxylic acids is 1. The Morgan fingerprint density at radius 1 is 1.16 bits per heavy atom. The first-order chi connectivity index (χ1) is 14.6. The Kier molecular flexibility index (Phi) is 5.38. The molecule has 31 heavy (non-hydrogen) atoms. The van der Waals surface area contributed by atoms with Gasteiger partial charge in [-0.25, -0.2) is 4.52 Å². The van der Waals surface area contributed by atoms with E-state index in [0.29, 0.717) is 17.3 Å². The lowest BCUT2D eigenvalue weighted by Crippen LogP contribution is -2.38. The first-order valence-electron chi connectivity index (χ1n) is 10.0. The Balaban J connectivity index is 1.66. The summed E-state index contributed by atoms with van der Waals surface area (Å²) in [5.41, 5.74) is -0.725. The normalized spacial score (nSPS) is 20.1. The zero-order valence-corrected chi connectivity index (χ0v) is 17.4. The molecule has 0 bridgehead atoms. The zero-order valence-electron chi connectivity index (χ0n) is 17.4. The van der Waals surface area contributed by atoms with Crippen molar-refractivity contribution in [2.45, 2.75) is 26.1 Å². The predicted octanol–water partition coefficient (Wildman–Crippen LogP) is 2.77. The second-order valence-corrected chi connectivity index (χ2v) is 8.03. The highest BCUT2D eigenvalue weighted by molar-refractivity contribution is 6.04. The van der Waals surface area contributed by atoms with Gasteiger partial charge < -0.3 is 15.5 Å². The summed E-state index contributed by atoms with van der Waals surface area (Å²) in [5, 5.41) is 13.8. The minimum absolute atomic E-state index is 0.141. The van der Waals surface area contributed by atoms with Gasteiger partial charge >= 0.3 is 6.18 Å². The number of aromatic nitrogens is 4. The number of anilines is 2. The van der Waals surface area contributed by atoms with Crippen LogP contribution in [0.4, 0.5) is 24.7 Å². The molecule has 0 saturated carbocycles. The van der Waals surface area contributed by atoms with E-state index in [1.165, 1.54) is 11.6 Å². The van der Waals surface area contributed by atoms with E-state index in [2.05, 4.69) is 39.6 Å². The zero-order chi connectivity index (χ0) is 22.3. The third kappa shape index (κ3) is 4.22. The lowest BCUT2D eigenvalue weighted by atomic mass is 10.1. The smallest absolute Gasteiger partial charge is 0.351 e. The molecule has 11 heteroatoms. The van der Waals surface area contributed by atoms with Crippen LogP contribution in [0.3, 0.4) is 0 Å². The second-order valence-electron chi connectivity index (χ2n) is 8.03. The highest BCUT2D eigenvalue weighted by atomic mass is 19.4. The van der Waals surface area contributed by atoms with E-state index >= 15 is 0 Å². The molecular formula is C20H24F3N7O. The Morgan fingerprint density at radius 3 is 2.65 bits per heavy atom. The van der Waals surface area contributed by atoms with Crippen LogP contribution in [0.2, 0.25) is 0 Å². The molecule has 0 spiro atoms.